The normalized spacial score (nSPS) is 19.9. The second kappa shape index (κ2) is 8.87. The summed E-state index contributed by atoms with van der Waals surface area (Å²) in [4.78, 5) is 27.2. The van der Waals surface area contributed by atoms with Crippen molar-refractivity contribution in [3.8, 4) is 0 Å². The van der Waals surface area contributed by atoms with Gasteiger partial charge in [0, 0.05) is 31.7 Å². The number of benzene rings is 1. The lowest BCUT2D eigenvalue weighted by Crippen LogP contribution is -2.45. The number of hydrogen-bond acceptors (Lipinski definition) is 5. The van der Waals surface area contributed by atoms with E-state index in [9.17, 15) is 18.0 Å². The van der Waals surface area contributed by atoms with Crippen LogP contribution in [0.4, 0.5) is 0 Å². The van der Waals surface area contributed by atoms with E-state index >= 15 is 0 Å². The molecule has 0 radical (unpaired) electrons. The quantitative estimate of drug-likeness (QED) is 0.737. The maximum absolute atomic E-state index is 12.8. The first kappa shape index (κ1) is 21.0. The zero-order valence-corrected chi connectivity index (χ0v) is 18.3. The van der Waals surface area contributed by atoms with Gasteiger partial charge in [-0.05, 0) is 54.8 Å². The average molecular weight is 448 g/mol. The van der Waals surface area contributed by atoms with Crippen LogP contribution in [0, 0.1) is 0 Å². The van der Waals surface area contributed by atoms with E-state index in [1.807, 2.05) is 17.0 Å². The van der Waals surface area contributed by atoms with Crippen molar-refractivity contribution in [3.05, 3.63) is 52.9 Å². The van der Waals surface area contributed by atoms with Crippen LogP contribution in [0.1, 0.15) is 41.6 Å². The molecular formula is C21H25N3O4S2. The Kier molecular flexibility index (Phi) is 6.21. The van der Waals surface area contributed by atoms with Crippen molar-refractivity contribution in [2.45, 2.75) is 42.5 Å². The summed E-state index contributed by atoms with van der Waals surface area (Å²) in [5, 5.41) is 4.57. The molecule has 1 atom stereocenters. The average Bonchev–Trinajstić information content (AvgIpc) is 3.52. The Morgan fingerprint density at radius 1 is 1.07 bits per heavy atom. The van der Waals surface area contributed by atoms with Crippen LogP contribution in [0.25, 0.3) is 0 Å². The first-order valence-electron chi connectivity index (χ1n) is 10.2. The fourth-order valence-electron chi connectivity index (χ4n) is 4.04. The molecule has 3 heterocycles. The summed E-state index contributed by atoms with van der Waals surface area (Å²) in [6, 6.07) is 9.82. The van der Waals surface area contributed by atoms with Crippen LogP contribution in [-0.4, -0.2) is 55.1 Å². The Bertz CT molecular complexity index is 1010. The summed E-state index contributed by atoms with van der Waals surface area (Å²) >= 11 is 1.16. The minimum atomic E-state index is -3.66. The molecule has 0 spiro atoms. The van der Waals surface area contributed by atoms with Crippen molar-refractivity contribution in [1.82, 2.24) is 14.5 Å². The highest BCUT2D eigenvalue weighted by Crippen LogP contribution is 2.28. The van der Waals surface area contributed by atoms with E-state index in [1.165, 1.54) is 4.31 Å². The number of hydrogen-bond donors (Lipinski definition) is 1. The van der Waals surface area contributed by atoms with E-state index in [0.717, 1.165) is 42.8 Å². The summed E-state index contributed by atoms with van der Waals surface area (Å²) in [7, 11) is -3.66. The third kappa shape index (κ3) is 4.28. The molecule has 0 aliphatic carbocycles. The molecular weight excluding hydrogens is 422 g/mol. The van der Waals surface area contributed by atoms with Crippen molar-refractivity contribution in [1.29, 1.82) is 0 Å². The van der Waals surface area contributed by atoms with Gasteiger partial charge in [-0.2, -0.15) is 4.31 Å². The van der Waals surface area contributed by atoms with E-state index in [4.69, 9.17) is 0 Å². The fraction of sp³-hybridized carbons (Fsp3) is 0.429. The van der Waals surface area contributed by atoms with E-state index in [1.54, 1.807) is 29.6 Å². The maximum Gasteiger partial charge on any atom is 0.253 e. The van der Waals surface area contributed by atoms with Gasteiger partial charge in [-0.15, -0.1) is 11.3 Å². The van der Waals surface area contributed by atoms with E-state index < -0.39 is 16.1 Å². The number of carbonyl (C=O) groups excluding carboxylic acids is 2. The largest absolute Gasteiger partial charge is 0.351 e. The highest BCUT2D eigenvalue weighted by molar-refractivity contribution is 7.91. The predicted molar refractivity (Wildman–Crippen MR) is 115 cm³/mol. The van der Waals surface area contributed by atoms with Gasteiger partial charge in [0.25, 0.3) is 15.9 Å². The van der Waals surface area contributed by atoms with Crippen LogP contribution >= 0.6 is 11.3 Å². The minimum Gasteiger partial charge on any atom is -0.351 e. The molecule has 2 aliphatic rings. The van der Waals surface area contributed by atoms with Gasteiger partial charge in [0.1, 0.15) is 10.3 Å². The Labute approximate surface area is 180 Å². The highest BCUT2D eigenvalue weighted by Gasteiger charge is 2.39. The van der Waals surface area contributed by atoms with Crippen LogP contribution in [0.3, 0.4) is 0 Å². The minimum absolute atomic E-state index is 0.0182. The first-order chi connectivity index (χ1) is 14.5. The van der Waals surface area contributed by atoms with Crippen LogP contribution in [-0.2, 0) is 21.4 Å². The summed E-state index contributed by atoms with van der Waals surface area (Å²) in [5.41, 5.74) is 1.44. The third-order valence-electron chi connectivity index (χ3n) is 5.60. The van der Waals surface area contributed by atoms with Gasteiger partial charge in [0.2, 0.25) is 5.91 Å². The molecule has 2 aromatic rings. The molecule has 4 rings (SSSR count). The van der Waals surface area contributed by atoms with Gasteiger partial charge in [-0.3, -0.25) is 9.59 Å². The number of carbonyl (C=O) groups is 2. The molecule has 0 bridgehead atoms. The molecule has 2 amide bonds. The predicted octanol–water partition coefficient (Wildman–Crippen LogP) is 2.45. The first-order valence-corrected chi connectivity index (χ1v) is 12.5. The lowest BCUT2D eigenvalue weighted by atomic mass is 10.1. The van der Waals surface area contributed by atoms with Crippen LogP contribution in [0.5, 0.6) is 0 Å². The second-order valence-corrected chi connectivity index (χ2v) is 10.7. The van der Waals surface area contributed by atoms with Crippen molar-refractivity contribution in [3.63, 3.8) is 0 Å². The molecule has 1 N–H and O–H groups in total. The number of nitrogens with zero attached hydrogens (tertiary/aromatic N) is 2. The van der Waals surface area contributed by atoms with Crippen LogP contribution < -0.4 is 5.32 Å². The molecule has 0 unspecified atom stereocenters. The molecule has 2 saturated heterocycles. The molecule has 30 heavy (non-hydrogen) atoms. The third-order valence-corrected chi connectivity index (χ3v) is 8.88. The number of thiophene rings is 1. The van der Waals surface area contributed by atoms with E-state index in [0.29, 0.717) is 24.9 Å². The van der Waals surface area contributed by atoms with Crippen molar-refractivity contribution < 1.29 is 18.0 Å². The molecule has 2 aliphatic heterocycles. The Morgan fingerprint density at radius 2 is 1.87 bits per heavy atom. The molecule has 1 aromatic carbocycles. The van der Waals surface area contributed by atoms with Crippen molar-refractivity contribution in [2.24, 2.45) is 0 Å². The van der Waals surface area contributed by atoms with Crippen LogP contribution in [0.15, 0.2) is 46.0 Å². The zero-order valence-electron chi connectivity index (χ0n) is 16.6. The van der Waals surface area contributed by atoms with E-state index in [-0.39, 0.29) is 22.6 Å². The van der Waals surface area contributed by atoms with E-state index in [2.05, 4.69) is 5.32 Å². The Morgan fingerprint density at radius 3 is 2.60 bits per heavy atom. The fourth-order valence-corrected chi connectivity index (χ4v) is 6.82. The van der Waals surface area contributed by atoms with Gasteiger partial charge < -0.3 is 10.2 Å². The zero-order chi connectivity index (χ0) is 21.1. The number of nitrogens with one attached hydrogen (secondary N) is 1. The van der Waals surface area contributed by atoms with Gasteiger partial charge in [-0.1, -0.05) is 18.2 Å². The highest BCUT2D eigenvalue weighted by atomic mass is 32.2. The molecule has 7 nitrogen and oxygen atoms in total. The molecule has 0 saturated carbocycles. The van der Waals surface area contributed by atoms with Gasteiger partial charge in [0.05, 0.1) is 0 Å². The second-order valence-electron chi connectivity index (χ2n) is 7.62. The molecule has 1 aromatic heterocycles. The maximum atomic E-state index is 12.8. The summed E-state index contributed by atoms with van der Waals surface area (Å²) in [6.45, 7) is 2.17. The topological polar surface area (TPSA) is 86.8 Å². The number of rotatable bonds is 6. The van der Waals surface area contributed by atoms with Gasteiger partial charge >= 0.3 is 0 Å². The van der Waals surface area contributed by atoms with Crippen LogP contribution in [0.2, 0.25) is 0 Å². The monoisotopic (exact) mass is 447 g/mol. The lowest BCUT2D eigenvalue weighted by molar-refractivity contribution is -0.124. The smallest absolute Gasteiger partial charge is 0.253 e. The van der Waals surface area contributed by atoms with Crippen molar-refractivity contribution in [2.75, 3.05) is 19.6 Å². The SMILES string of the molecule is O=C(NCc1cccc(C(=O)N2CCCC2)c1)[C@H]1CCCN1S(=O)(=O)c1cccs1. The Hall–Kier alpha value is -2.23. The Balaban J connectivity index is 1.41. The summed E-state index contributed by atoms with van der Waals surface area (Å²) in [6.07, 6.45) is 3.23. The number of likely N-dealkylation sites (tertiary alicyclic amines) is 1. The number of sulfonamides is 1. The molecule has 2 fully saturated rings. The van der Waals surface area contributed by atoms with Crippen molar-refractivity contribution >= 4 is 33.2 Å². The van der Waals surface area contributed by atoms with Gasteiger partial charge in [0.15, 0.2) is 0 Å². The standard InChI is InChI=1S/C21H25N3O4S2/c25-20(18-8-4-12-24(18)30(27,28)19-9-5-13-29-19)22-15-16-6-3-7-17(14-16)21(26)23-10-1-2-11-23/h3,5-7,9,13-14,18H,1-2,4,8,10-12,15H2,(H,22,25)/t18-/m1/s1. The lowest BCUT2D eigenvalue weighted by Gasteiger charge is -2.22. The molecule has 160 valence electrons. The number of amides is 2. The molecule has 9 heteroatoms. The summed E-state index contributed by atoms with van der Waals surface area (Å²) < 4.78 is 27.3. The van der Waals surface area contributed by atoms with Gasteiger partial charge in [-0.25, -0.2) is 8.42 Å². The summed E-state index contributed by atoms with van der Waals surface area (Å²) in [5.74, 6) is -0.284.